The number of nitrogens with one attached hydrogen (secondary N) is 1. The molecule has 0 aliphatic carbocycles. The van der Waals surface area contributed by atoms with Crippen molar-refractivity contribution < 1.29 is 9.53 Å². The lowest BCUT2D eigenvalue weighted by molar-refractivity contribution is -0.136. The van der Waals surface area contributed by atoms with Gasteiger partial charge in [-0.3, -0.25) is 4.79 Å². The van der Waals surface area contributed by atoms with Crippen LogP contribution in [0.15, 0.2) is 24.3 Å². The number of likely N-dealkylation sites (N-methyl/N-ethyl adjacent to an activating group) is 1. The molecule has 1 aromatic carbocycles. The van der Waals surface area contributed by atoms with E-state index in [0.29, 0.717) is 13.2 Å². The Morgan fingerprint density at radius 3 is 2.67 bits per heavy atom. The predicted molar refractivity (Wildman–Crippen MR) is 84.1 cm³/mol. The van der Waals surface area contributed by atoms with Crippen LogP contribution in [0.25, 0.3) is 0 Å². The topological polar surface area (TPSA) is 41.6 Å². The monoisotopic (exact) mass is 290 g/mol. The Labute approximate surface area is 127 Å². The van der Waals surface area contributed by atoms with E-state index in [1.165, 1.54) is 5.56 Å². The minimum Gasteiger partial charge on any atom is -0.379 e. The van der Waals surface area contributed by atoms with E-state index in [2.05, 4.69) is 50.4 Å². The third kappa shape index (κ3) is 3.63. The van der Waals surface area contributed by atoms with Crippen LogP contribution in [-0.4, -0.2) is 43.7 Å². The van der Waals surface area contributed by atoms with Crippen molar-refractivity contribution in [3.63, 3.8) is 0 Å². The predicted octanol–water partition coefficient (Wildman–Crippen LogP) is 2.14. The maximum absolute atomic E-state index is 12.7. The highest BCUT2D eigenvalue weighted by molar-refractivity contribution is 5.80. The number of carbonyl (C=O) groups is 1. The molecule has 0 bridgehead atoms. The van der Waals surface area contributed by atoms with Gasteiger partial charge in [-0.05, 0) is 26.0 Å². The van der Waals surface area contributed by atoms with Crippen LogP contribution in [0.3, 0.4) is 0 Å². The molecule has 3 atom stereocenters. The molecular weight excluding hydrogens is 264 g/mol. The lowest BCUT2D eigenvalue weighted by atomic mass is 9.99. The molecule has 0 aromatic heterocycles. The van der Waals surface area contributed by atoms with Gasteiger partial charge in [0.1, 0.15) is 0 Å². The zero-order chi connectivity index (χ0) is 15.4. The Morgan fingerprint density at radius 1 is 1.38 bits per heavy atom. The lowest BCUT2D eigenvalue weighted by Crippen LogP contribution is -2.45. The molecule has 4 nitrogen and oxygen atoms in total. The van der Waals surface area contributed by atoms with Gasteiger partial charge in [0.25, 0.3) is 0 Å². The summed E-state index contributed by atoms with van der Waals surface area (Å²) in [6.45, 7) is 8.19. The van der Waals surface area contributed by atoms with Crippen LogP contribution in [0, 0.1) is 12.8 Å². The second kappa shape index (κ2) is 7.05. The molecule has 1 saturated heterocycles. The van der Waals surface area contributed by atoms with Gasteiger partial charge in [0.2, 0.25) is 5.91 Å². The number of benzene rings is 1. The van der Waals surface area contributed by atoms with Crippen molar-refractivity contribution in [2.75, 3.05) is 26.8 Å². The Bertz CT molecular complexity index is 472. The lowest BCUT2D eigenvalue weighted by Gasteiger charge is -2.29. The van der Waals surface area contributed by atoms with Crippen LogP contribution in [0.2, 0.25) is 0 Å². The molecule has 1 heterocycles. The zero-order valence-corrected chi connectivity index (χ0v) is 13.4. The fourth-order valence-corrected chi connectivity index (χ4v) is 2.78. The number of carbonyl (C=O) groups excluding carboxylic acids is 1. The molecular formula is C17H26N2O2. The summed E-state index contributed by atoms with van der Waals surface area (Å²) in [6, 6.07) is 8.57. The first kappa shape index (κ1) is 16.0. The van der Waals surface area contributed by atoms with Crippen molar-refractivity contribution in [2.24, 2.45) is 5.92 Å². The van der Waals surface area contributed by atoms with Crippen molar-refractivity contribution >= 4 is 5.91 Å². The van der Waals surface area contributed by atoms with Crippen molar-refractivity contribution in [1.29, 1.82) is 0 Å². The smallest absolute Gasteiger partial charge is 0.229 e. The highest BCUT2D eigenvalue weighted by atomic mass is 16.5. The number of ether oxygens (including phenoxy) is 1. The maximum atomic E-state index is 12.7. The van der Waals surface area contributed by atoms with Gasteiger partial charge in [0, 0.05) is 13.1 Å². The van der Waals surface area contributed by atoms with Gasteiger partial charge in [-0.2, -0.15) is 0 Å². The largest absolute Gasteiger partial charge is 0.379 e. The van der Waals surface area contributed by atoms with Crippen molar-refractivity contribution in [3.8, 4) is 0 Å². The van der Waals surface area contributed by atoms with Crippen LogP contribution in [0.1, 0.15) is 31.0 Å². The molecule has 1 aliphatic rings. The Hall–Kier alpha value is -1.39. The number of hydrogen-bond donors (Lipinski definition) is 1. The molecule has 0 radical (unpaired) electrons. The number of amides is 1. The molecule has 2 rings (SSSR count). The normalized spacial score (nSPS) is 23.0. The summed E-state index contributed by atoms with van der Waals surface area (Å²) >= 11 is 0. The van der Waals surface area contributed by atoms with Crippen molar-refractivity contribution in [3.05, 3.63) is 35.4 Å². The molecule has 21 heavy (non-hydrogen) atoms. The third-order valence-corrected chi connectivity index (χ3v) is 4.35. The maximum Gasteiger partial charge on any atom is 0.229 e. The summed E-state index contributed by atoms with van der Waals surface area (Å²) in [4.78, 5) is 14.6. The molecule has 0 saturated carbocycles. The van der Waals surface area contributed by atoms with Crippen LogP contribution in [0.5, 0.6) is 0 Å². The summed E-state index contributed by atoms with van der Waals surface area (Å²) < 4.78 is 5.48. The highest BCUT2D eigenvalue weighted by Crippen LogP contribution is 2.24. The summed E-state index contributed by atoms with van der Waals surface area (Å²) in [5, 5.41) is 3.34. The SMILES string of the molecule is CCNC1COCC1C(=O)N(C)C(C)c1ccc(C)cc1. The van der Waals surface area contributed by atoms with E-state index in [0.717, 1.165) is 12.1 Å². The molecule has 116 valence electrons. The molecule has 1 aromatic rings. The van der Waals surface area contributed by atoms with Gasteiger partial charge >= 0.3 is 0 Å². The van der Waals surface area contributed by atoms with Crippen LogP contribution in [0.4, 0.5) is 0 Å². The quantitative estimate of drug-likeness (QED) is 0.903. The first-order valence-corrected chi connectivity index (χ1v) is 7.69. The van der Waals surface area contributed by atoms with Gasteiger partial charge < -0.3 is 15.0 Å². The van der Waals surface area contributed by atoms with E-state index in [1.54, 1.807) is 0 Å². The van der Waals surface area contributed by atoms with E-state index in [9.17, 15) is 4.79 Å². The van der Waals surface area contributed by atoms with E-state index in [4.69, 9.17) is 4.74 Å². The molecule has 0 spiro atoms. The van der Waals surface area contributed by atoms with E-state index in [-0.39, 0.29) is 23.9 Å². The van der Waals surface area contributed by atoms with E-state index in [1.807, 2.05) is 11.9 Å². The molecule has 1 amide bonds. The Morgan fingerprint density at radius 2 is 2.05 bits per heavy atom. The van der Waals surface area contributed by atoms with E-state index >= 15 is 0 Å². The third-order valence-electron chi connectivity index (χ3n) is 4.35. The second-order valence-electron chi connectivity index (χ2n) is 5.84. The highest BCUT2D eigenvalue weighted by Gasteiger charge is 2.36. The zero-order valence-electron chi connectivity index (χ0n) is 13.4. The van der Waals surface area contributed by atoms with Crippen molar-refractivity contribution in [2.45, 2.75) is 32.9 Å². The van der Waals surface area contributed by atoms with Gasteiger partial charge in [-0.15, -0.1) is 0 Å². The molecule has 3 unspecified atom stereocenters. The summed E-state index contributed by atoms with van der Waals surface area (Å²) in [7, 11) is 1.88. The minimum absolute atomic E-state index is 0.0703. The van der Waals surface area contributed by atoms with Crippen LogP contribution < -0.4 is 5.32 Å². The molecule has 1 N–H and O–H groups in total. The molecule has 1 aliphatic heterocycles. The van der Waals surface area contributed by atoms with Crippen molar-refractivity contribution in [1.82, 2.24) is 10.2 Å². The van der Waals surface area contributed by atoms with Gasteiger partial charge in [0.05, 0.1) is 25.2 Å². The number of hydrogen-bond acceptors (Lipinski definition) is 3. The number of aryl methyl sites for hydroxylation is 1. The first-order valence-electron chi connectivity index (χ1n) is 7.69. The minimum atomic E-state index is -0.0807. The summed E-state index contributed by atoms with van der Waals surface area (Å²) in [5.41, 5.74) is 2.40. The Balaban J connectivity index is 2.06. The fourth-order valence-electron chi connectivity index (χ4n) is 2.78. The first-order chi connectivity index (χ1) is 10.0. The Kier molecular flexibility index (Phi) is 5.37. The standard InChI is InChI=1S/C17H26N2O2/c1-5-18-16-11-21-10-15(16)17(20)19(4)13(3)14-8-6-12(2)7-9-14/h6-9,13,15-16,18H,5,10-11H2,1-4H3. The fraction of sp³-hybridized carbons (Fsp3) is 0.588. The van der Waals surface area contributed by atoms with Gasteiger partial charge in [0.15, 0.2) is 0 Å². The summed E-state index contributed by atoms with van der Waals surface area (Å²) in [5.74, 6) is 0.0781. The van der Waals surface area contributed by atoms with Crippen LogP contribution in [-0.2, 0) is 9.53 Å². The molecule has 1 fully saturated rings. The van der Waals surface area contributed by atoms with Gasteiger partial charge in [-0.1, -0.05) is 36.8 Å². The summed E-state index contributed by atoms with van der Waals surface area (Å²) in [6.07, 6.45) is 0. The average Bonchev–Trinajstić information content (AvgIpc) is 2.94. The number of rotatable bonds is 5. The number of nitrogens with zero attached hydrogens (tertiary/aromatic N) is 1. The second-order valence-corrected chi connectivity index (χ2v) is 5.84. The molecule has 4 heteroatoms. The average molecular weight is 290 g/mol. The van der Waals surface area contributed by atoms with Crippen LogP contribution >= 0.6 is 0 Å². The van der Waals surface area contributed by atoms with Gasteiger partial charge in [-0.25, -0.2) is 0 Å². The van der Waals surface area contributed by atoms with E-state index < -0.39 is 0 Å².